The second-order valence-corrected chi connectivity index (χ2v) is 9.10. The summed E-state index contributed by atoms with van der Waals surface area (Å²) in [5.41, 5.74) is 4.68. The number of carbonyl (C=O) groups is 1. The lowest BCUT2D eigenvalue weighted by molar-refractivity contribution is -0.167. The van der Waals surface area contributed by atoms with Crippen molar-refractivity contribution < 1.29 is 14.3 Å². The molecule has 6 nitrogen and oxygen atoms in total. The molecule has 0 amide bonds. The molecule has 166 valence electrons. The summed E-state index contributed by atoms with van der Waals surface area (Å²) in [5, 5.41) is 14.6. The topological polar surface area (TPSA) is 77.1 Å². The summed E-state index contributed by atoms with van der Waals surface area (Å²) in [7, 11) is 1.81. The van der Waals surface area contributed by atoms with Crippen molar-refractivity contribution in [2.24, 2.45) is 13.0 Å². The summed E-state index contributed by atoms with van der Waals surface area (Å²) < 4.78 is 13.2. The van der Waals surface area contributed by atoms with Gasteiger partial charge in [-0.15, -0.1) is 0 Å². The van der Waals surface area contributed by atoms with E-state index in [9.17, 15) is 10.1 Å². The van der Waals surface area contributed by atoms with E-state index in [1.165, 1.54) is 5.56 Å². The number of nitrogens with zero attached hydrogens (tertiary/aromatic N) is 3. The summed E-state index contributed by atoms with van der Waals surface area (Å²) in [6.07, 6.45) is -0.864. The van der Waals surface area contributed by atoms with Gasteiger partial charge in [-0.05, 0) is 30.4 Å². The highest BCUT2D eigenvalue weighted by atomic mass is 16.7. The molecule has 0 bridgehead atoms. The lowest BCUT2D eigenvalue weighted by Crippen LogP contribution is -2.22. The van der Waals surface area contributed by atoms with Crippen LogP contribution in [0.15, 0.2) is 24.3 Å². The first-order valence-corrected chi connectivity index (χ1v) is 10.5. The van der Waals surface area contributed by atoms with Crippen LogP contribution in [0.25, 0.3) is 11.3 Å². The minimum Gasteiger partial charge on any atom is -0.451 e. The summed E-state index contributed by atoms with van der Waals surface area (Å²) in [5.74, 6) is -0.298. The third kappa shape index (κ3) is 5.55. The van der Waals surface area contributed by atoms with Gasteiger partial charge in [0.15, 0.2) is 5.76 Å². The second-order valence-electron chi connectivity index (χ2n) is 9.10. The largest absolute Gasteiger partial charge is 0.451 e. The molecule has 0 spiro atoms. The Bertz CT molecular complexity index is 1020. The SMILES string of the molecule is Cc1nn(C)c(/C(OC(C)OC(=O)C(C)C)=C(\C#N)c2ccc(C(C)(C)C)cc2)c1C. The van der Waals surface area contributed by atoms with E-state index in [1.54, 1.807) is 32.5 Å². The monoisotopic (exact) mass is 423 g/mol. The molecule has 2 rings (SSSR count). The Kier molecular flexibility index (Phi) is 7.32. The first-order chi connectivity index (χ1) is 14.4. The van der Waals surface area contributed by atoms with Crippen molar-refractivity contribution in [2.75, 3.05) is 0 Å². The molecule has 0 fully saturated rings. The van der Waals surface area contributed by atoms with Gasteiger partial charge in [0, 0.05) is 19.5 Å². The maximum absolute atomic E-state index is 12.0. The minimum absolute atomic E-state index is 0.00365. The molecule has 31 heavy (non-hydrogen) atoms. The highest BCUT2D eigenvalue weighted by Crippen LogP contribution is 2.32. The van der Waals surface area contributed by atoms with Gasteiger partial charge in [-0.3, -0.25) is 9.48 Å². The molecule has 0 radical (unpaired) electrons. The normalized spacial score (nSPS) is 13.5. The molecule has 1 heterocycles. The van der Waals surface area contributed by atoms with Gasteiger partial charge in [0.1, 0.15) is 17.3 Å². The first kappa shape index (κ1) is 24.2. The summed E-state index contributed by atoms with van der Waals surface area (Å²) in [6.45, 7) is 15.4. The first-order valence-electron chi connectivity index (χ1n) is 10.5. The van der Waals surface area contributed by atoms with Crippen molar-refractivity contribution in [3.05, 3.63) is 52.3 Å². The minimum atomic E-state index is -0.864. The van der Waals surface area contributed by atoms with E-state index in [0.29, 0.717) is 17.0 Å². The maximum Gasteiger partial charge on any atom is 0.311 e. The zero-order chi connectivity index (χ0) is 23.5. The number of carbonyl (C=O) groups excluding carboxylic acids is 1. The Morgan fingerprint density at radius 1 is 1.10 bits per heavy atom. The Morgan fingerprint density at radius 3 is 2.10 bits per heavy atom. The van der Waals surface area contributed by atoms with Gasteiger partial charge in [-0.1, -0.05) is 58.9 Å². The molecule has 0 aliphatic carbocycles. The molecule has 6 heteroatoms. The Labute approximate surface area is 185 Å². The van der Waals surface area contributed by atoms with Crippen LogP contribution in [-0.2, 0) is 26.7 Å². The average molecular weight is 424 g/mol. The van der Waals surface area contributed by atoms with E-state index in [1.807, 2.05) is 38.1 Å². The van der Waals surface area contributed by atoms with Crippen LogP contribution < -0.4 is 0 Å². The number of aryl methyl sites for hydroxylation is 2. The van der Waals surface area contributed by atoms with Crippen LogP contribution in [0.5, 0.6) is 0 Å². The highest BCUT2D eigenvalue weighted by molar-refractivity contribution is 5.94. The lowest BCUT2D eigenvalue weighted by Gasteiger charge is -2.21. The van der Waals surface area contributed by atoms with Gasteiger partial charge < -0.3 is 9.47 Å². The average Bonchev–Trinajstić information content (AvgIpc) is 2.92. The van der Waals surface area contributed by atoms with Crippen molar-refractivity contribution in [3.63, 3.8) is 0 Å². The van der Waals surface area contributed by atoms with E-state index in [2.05, 4.69) is 31.9 Å². The van der Waals surface area contributed by atoms with Crippen LogP contribution in [0.4, 0.5) is 0 Å². The summed E-state index contributed by atoms with van der Waals surface area (Å²) >= 11 is 0. The second kappa shape index (κ2) is 9.38. The van der Waals surface area contributed by atoms with Crippen LogP contribution in [-0.4, -0.2) is 22.0 Å². The van der Waals surface area contributed by atoms with Crippen LogP contribution >= 0.6 is 0 Å². The predicted octanol–water partition coefficient (Wildman–Crippen LogP) is 5.29. The number of benzene rings is 1. The van der Waals surface area contributed by atoms with Gasteiger partial charge in [0.2, 0.25) is 6.29 Å². The fourth-order valence-corrected chi connectivity index (χ4v) is 3.19. The third-order valence-electron chi connectivity index (χ3n) is 5.15. The number of hydrogen-bond acceptors (Lipinski definition) is 5. The number of allylic oxidation sites excluding steroid dienone is 1. The molecule has 0 aliphatic rings. The molecule has 0 saturated heterocycles. The summed E-state index contributed by atoms with van der Waals surface area (Å²) in [6, 6.07) is 10.2. The fraction of sp³-hybridized carbons (Fsp3) is 0.480. The highest BCUT2D eigenvalue weighted by Gasteiger charge is 2.25. The molecule has 0 aliphatic heterocycles. The smallest absolute Gasteiger partial charge is 0.311 e. The van der Waals surface area contributed by atoms with Gasteiger partial charge in [-0.2, -0.15) is 10.4 Å². The van der Waals surface area contributed by atoms with Crippen LogP contribution in [0, 0.1) is 31.1 Å². The van der Waals surface area contributed by atoms with E-state index in [0.717, 1.165) is 16.8 Å². The molecule has 0 saturated carbocycles. The van der Waals surface area contributed by atoms with Crippen molar-refractivity contribution >= 4 is 17.3 Å². The van der Waals surface area contributed by atoms with Crippen LogP contribution in [0.2, 0.25) is 0 Å². The predicted molar refractivity (Wildman–Crippen MR) is 122 cm³/mol. The Balaban J connectivity index is 2.62. The quantitative estimate of drug-likeness (QED) is 0.273. The number of aromatic nitrogens is 2. The van der Waals surface area contributed by atoms with Crippen molar-refractivity contribution in [3.8, 4) is 6.07 Å². The van der Waals surface area contributed by atoms with Gasteiger partial charge in [0.05, 0.1) is 11.6 Å². The van der Waals surface area contributed by atoms with Crippen LogP contribution in [0.3, 0.4) is 0 Å². The fourth-order valence-electron chi connectivity index (χ4n) is 3.19. The standard InChI is InChI=1S/C25H33N3O3/c1-15(2)24(29)31-18(5)30-23(22-16(3)17(4)27-28(22)9)21(14-26)19-10-12-20(13-11-19)25(6,7)8/h10-13,15,18H,1-9H3/b23-21-. The zero-order valence-electron chi connectivity index (χ0n) is 20.0. The number of esters is 1. The molecule has 1 aromatic heterocycles. The molecule has 1 aromatic carbocycles. The van der Waals surface area contributed by atoms with E-state index in [4.69, 9.17) is 9.47 Å². The molecule has 1 atom stereocenters. The van der Waals surface area contributed by atoms with E-state index < -0.39 is 6.29 Å². The van der Waals surface area contributed by atoms with Crippen LogP contribution in [0.1, 0.15) is 69.6 Å². The maximum atomic E-state index is 12.0. The molecular weight excluding hydrogens is 390 g/mol. The van der Waals surface area contributed by atoms with E-state index in [-0.39, 0.29) is 17.3 Å². The number of nitriles is 1. The van der Waals surface area contributed by atoms with Crippen molar-refractivity contribution in [1.82, 2.24) is 9.78 Å². The molecule has 0 N–H and O–H groups in total. The Morgan fingerprint density at radius 2 is 1.68 bits per heavy atom. The number of rotatable bonds is 6. The van der Waals surface area contributed by atoms with Gasteiger partial charge in [-0.25, -0.2) is 0 Å². The zero-order valence-corrected chi connectivity index (χ0v) is 20.0. The van der Waals surface area contributed by atoms with Gasteiger partial charge in [0.25, 0.3) is 0 Å². The summed E-state index contributed by atoms with van der Waals surface area (Å²) in [4.78, 5) is 12.0. The number of hydrogen-bond donors (Lipinski definition) is 0. The molecule has 1 unspecified atom stereocenters. The molecular formula is C25H33N3O3. The Hall–Kier alpha value is -3.07. The van der Waals surface area contributed by atoms with Crippen molar-refractivity contribution in [2.45, 2.75) is 67.1 Å². The molecule has 2 aromatic rings. The van der Waals surface area contributed by atoms with E-state index >= 15 is 0 Å². The van der Waals surface area contributed by atoms with Crippen molar-refractivity contribution in [1.29, 1.82) is 5.26 Å². The van der Waals surface area contributed by atoms with Gasteiger partial charge >= 0.3 is 5.97 Å². The lowest BCUT2D eigenvalue weighted by atomic mass is 9.86. The number of ether oxygens (including phenoxy) is 2. The third-order valence-corrected chi connectivity index (χ3v) is 5.15.